The van der Waals surface area contributed by atoms with Crippen molar-refractivity contribution in [2.45, 2.75) is 57.7 Å². The number of rotatable bonds is 5. The molecule has 1 aliphatic heterocycles. The summed E-state index contributed by atoms with van der Waals surface area (Å²) in [6, 6.07) is 7.91. The minimum atomic E-state index is -0.814. The zero-order valence-corrected chi connectivity index (χ0v) is 16.4. The number of hydrogen-bond acceptors (Lipinski definition) is 5. The van der Waals surface area contributed by atoms with E-state index >= 15 is 0 Å². The first kappa shape index (κ1) is 20.7. The van der Waals surface area contributed by atoms with Crippen LogP contribution in [0, 0.1) is 0 Å². The molecule has 0 bridgehead atoms. The summed E-state index contributed by atoms with van der Waals surface area (Å²) < 4.78 is 10.2. The number of carbonyl (C=O) groups excluding carboxylic acids is 3. The highest BCUT2D eigenvalue weighted by atomic mass is 16.6. The maximum absolute atomic E-state index is 12.8. The van der Waals surface area contributed by atoms with Gasteiger partial charge in [-0.25, -0.2) is 9.59 Å². The van der Waals surface area contributed by atoms with E-state index < -0.39 is 29.7 Å². The Morgan fingerprint density at radius 2 is 1.89 bits per heavy atom. The molecular weight excluding hydrogens is 348 g/mol. The SMILES string of the molecule is COC(=O)[C@H](Cc1ccccc1)NC(=O)[C@H]1CCCN1C(=O)OC(C)(C)C. The van der Waals surface area contributed by atoms with Crippen LogP contribution >= 0.6 is 0 Å². The summed E-state index contributed by atoms with van der Waals surface area (Å²) in [4.78, 5) is 38.7. The topological polar surface area (TPSA) is 84.9 Å². The van der Waals surface area contributed by atoms with Crippen LogP contribution in [0.3, 0.4) is 0 Å². The number of hydrogen-bond donors (Lipinski definition) is 1. The molecule has 1 heterocycles. The number of likely N-dealkylation sites (tertiary alicyclic amines) is 1. The van der Waals surface area contributed by atoms with E-state index in [4.69, 9.17) is 9.47 Å². The Morgan fingerprint density at radius 3 is 2.48 bits per heavy atom. The molecule has 7 heteroatoms. The van der Waals surface area contributed by atoms with Crippen molar-refractivity contribution in [1.82, 2.24) is 10.2 Å². The largest absolute Gasteiger partial charge is 0.467 e. The summed E-state index contributed by atoms with van der Waals surface area (Å²) in [5.41, 5.74) is 0.270. The first-order valence-electron chi connectivity index (χ1n) is 9.13. The van der Waals surface area contributed by atoms with Crippen LogP contribution in [0.4, 0.5) is 4.79 Å². The molecule has 0 saturated carbocycles. The molecule has 1 fully saturated rings. The van der Waals surface area contributed by atoms with Crippen molar-refractivity contribution in [3.8, 4) is 0 Å². The van der Waals surface area contributed by atoms with Crippen molar-refractivity contribution in [1.29, 1.82) is 0 Å². The lowest BCUT2D eigenvalue weighted by Gasteiger charge is -2.28. The van der Waals surface area contributed by atoms with E-state index in [1.165, 1.54) is 12.0 Å². The van der Waals surface area contributed by atoms with Gasteiger partial charge in [-0.3, -0.25) is 9.69 Å². The van der Waals surface area contributed by atoms with Gasteiger partial charge < -0.3 is 14.8 Å². The molecule has 148 valence electrons. The zero-order valence-electron chi connectivity index (χ0n) is 16.4. The van der Waals surface area contributed by atoms with Gasteiger partial charge in [0.15, 0.2) is 0 Å². The molecule has 2 amide bonds. The second kappa shape index (κ2) is 8.88. The maximum atomic E-state index is 12.8. The molecule has 0 spiro atoms. The van der Waals surface area contributed by atoms with Gasteiger partial charge in [-0.05, 0) is 39.2 Å². The molecule has 2 atom stereocenters. The molecule has 0 aromatic heterocycles. The van der Waals surface area contributed by atoms with Crippen molar-refractivity contribution in [2.24, 2.45) is 0 Å². The molecule has 0 aliphatic carbocycles. The van der Waals surface area contributed by atoms with E-state index in [1.807, 2.05) is 30.3 Å². The fraction of sp³-hybridized carbons (Fsp3) is 0.550. The standard InChI is InChI=1S/C20H28N2O5/c1-20(2,3)27-19(25)22-12-8-11-16(22)17(23)21-15(18(24)26-4)13-14-9-6-5-7-10-14/h5-7,9-10,15-16H,8,11-13H2,1-4H3,(H,21,23)/t15-,16+/m0/s1. The summed E-state index contributed by atoms with van der Waals surface area (Å²) in [6.45, 7) is 5.80. The zero-order chi connectivity index (χ0) is 20.0. The van der Waals surface area contributed by atoms with Crippen molar-refractivity contribution in [2.75, 3.05) is 13.7 Å². The number of esters is 1. The lowest BCUT2D eigenvalue weighted by Crippen LogP contribution is -2.52. The lowest BCUT2D eigenvalue weighted by atomic mass is 10.1. The molecule has 0 unspecified atom stereocenters. The third-order valence-corrected chi connectivity index (χ3v) is 4.27. The monoisotopic (exact) mass is 376 g/mol. The average molecular weight is 376 g/mol. The summed E-state index contributed by atoms with van der Waals surface area (Å²) in [5, 5.41) is 2.74. The molecular formula is C20H28N2O5. The van der Waals surface area contributed by atoms with Crippen LogP contribution in [-0.4, -0.2) is 54.2 Å². The fourth-order valence-corrected chi connectivity index (χ4v) is 3.03. The molecule has 1 aliphatic rings. The highest BCUT2D eigenvalue weighted by Crippen LogP contribution is 2.21. The Bertz CT molecular complexity index is 669. The Hall–Kier alpha value is -2.57. The number of benzene rings is 1. The van der Waals surface area contributed by atoms with Gasteiger partial charge in [0, 0.05) is 13.0 Å². The van der Waals surface area contributed by atoms with Crippen LogP contribution in [0.25, 0.3) is 0 Å². The van der Waals surface area contributed by atoms with Crippen molar-refractivity contribution in [3.63, 3.8) is 0 Å². The number of nitrogens with one attached hydrogen (secondary N) is 1. The Kier molecular flexibility index (Phi) is 6.82. The fourth-order valence-electron chi connectivity index (χ4n) is 3.03. The first-order valence-corrected chi connectivity index (χ1v) is 9.13. The predicted octanol–water partition coefficient (Wildman–Crippen LogP) is 2.29. The Morgan fingerprint density at radius 1 is 1.22 bits per heavy atom. The lowest BCUT2D eigenvalue weighted by molar-refractivity contribution is -0.145. The van der Waals surface area contributed by atoms with E-state index in [9.17, 15) is 14.4 Å². The van der Waals surface area contributed by atoms with Crippen molar-refractivity contribution < 1.29 is 23.9 Å². The van der Waals surface area contributed by atoms with Gasteiger partial charge in [-0.1, -0.05) is 30.3 Å². The number of amides is 2. The molecule has 27 heavy (non-hydrogen) atoms. The molecule has 0 radical (unpaired) electrons. The van der Waals surface area contributed by atoms with Gasteiger partial charge in [0.1, 0.15) is 17.7 Å². The van der Waals surface area contributed by atoms with Crippen LogP contribution in [0.2, 0.25) is 0 Å². The quantitative estimate of drug-likeness (QED) is 0.797. The van der Waals surface area contributed by atoms with Crippen LogP contribution < -0.4 is 5.32 Å². The minimum absolute atomic E-state index is 0.318. The molecule has 1 aromatic rings. The van der Waals surface area contributed by atoms with Crippen LogP contribution in [0.15, 0.2) is 30.3 Å². The normalized spacial score (nSPS) is 17.9. The summed E-state index contributed by atoms with van der Waals surface area (Å²) in [6.07, 6.45) is 1.04. The van der Waals surface area contributed by atoms with E-state index in [0.717, 1.165) is 5.56 Å². The molecule has 1 saturated heterocycles. The van der Waals surface area contributed by atoms with Gasteiger partial charge in [0.2, 0.25) is 5.91 Å². The van der Waals surface area contributed by atoms with Crippen molar-refractivity contribution in [3.05, 3.63) is 35.9 Å². The predicted molar refractivity (Wildman–Crippen MR) is 100 cm³/mol. The summed E-state index contributed by atoms with van der Waals surface area (Å²) in [7, 11) is 1.29. The minimum Gasteiger partial charge on any atom is -0.467 e. The highest BCUT2D eigenvalue weighted by molar-refractivity contribution is 5.90. The van der Waals surface area contributed by atoms with Crippen molar-refractivity contribution >= 4 is 18.0 Å². The number of ether oxygens (including phenoxy) is 2. The van der Waals surface area contributed by atoms with E-state index in [0.29, 0.717) is 25.8 Å². The first-order chi connectivity index (χ1) is 12.7. The second-order valence-electron chi connectivity index (χ2n) is 7.61. The Labute approximate surface area is 160 Å². The van der Waals surface area contributed by atoms with E-state index in [2.05, 4.69) is 5.32 Å². The van der Waals surface area contributed by atoms with Crippen LogP contribution in [0.5, 0.6) is 0 Å². The smallest absolute Gasteiger partial charge is 0.410 e. The van der Waals surface area contributed by atoms with Crippen LogP contribution in [0.1, 0.15) is 39.2 Å². The number of nitrogens with zero attached hydrogens (tertiary/aromatic N) is 1. The third-order valence-electron chi connectivity index (χ3n) is 4.27. The van der Waals surface area contributed by atoms with E-state index in [-0.39, 0.29) is 5.91 Å². The van der Waals surface area contributed by atoms with Gasteiger partial charge in [-0.15, -0.1) is 0 Å². The molecule has 2 rings (SSSR count). The van der Waals surface area contributed by atoms with Gasteiger partial charge in [0.05, 0.1) is 7.11 Å². The van der Waals surface area contributed by atoms with Crippen LogP contribution in [-0.2, 0) is 25.5 Å². The van der Waals surface area contributed by atoms with Gasteiger partial charge >= 0.3 is 12.1 Å². The maximum Gasteiger partial charge on any atom is 0.410 e. The molecule has 1 N–H and O–H groups in total. The van der Waals surface area contributed by atoms with E-state index in [1.54, 1.807) is 20.8 Å². The van der Waals surface area contributed by atoms with Gasteiger partial charge in [-0.2, -0.15) is 0 Å². The molecule has 7 nitrogen and oxygen atoms in total. The summed E-state index contributed by atoms with van der Waals surface area (Å²) in [5.74, 6) is -0.890. The average Bonchev–Trinajstić information content (AvgIpc) is 3.10. The highest BCUT2D eigenvalue weighted by Gasteiger charge is 2.38. The number of carbonyl (C=O) groups is 3. The number of methoxy groups -OCH3 is 1. The third kappa shape index (κ3) is 5.98. The Balaban J connectivity index is 2.06. The second-order valence-corrected chi connectivity index (χ2v) is 7.61. The van der Waals surface area contributed by atoms with Gasteiger partial charge in [0.25, 0.3) is 0 Å². The molecule has 1 aromatic carbocycles. The summed E-state index contributed by atoms with van der Waals surface area (Å²) >= 11 is 0.